The molecule has 0 radical (unpaired) electrons. The molecule has 128 valence electrons. The highest BCUT2D eigenvalue weighted by Crippen LogP contribution is 2.24. The summed E-state index contributed by atoms with van der Waals surface area (Å²) in [5.74, 6) is 0.488. The Morgan fingerprint density at radius 3 is 2.68 bits per heavy atom. The summed E-state index contributed by atoms with van der Waals surface area (Å²) in [5.41, 5.74) is 2.10. The van der Waals surface area contributed by atoms with Gasteiger partial charge in [0.2, 0.25) is 0 Å². The molecular formula is C19H19ClN4O. The van der Waals surface area contributed by atoms with Gasteiger partial charge in [-0.1, -0.05) is 35.9 Å². The van der Waals surface area contributed by atoms with E-state index in [1.165, 1.54) is 0 Å². The van der Waals surface area contributed by atoms with Crippen LogP contribution in [0.4, 0.5) is 5.82 Å². The summed E-state index contributed by atoms with van der Waals surface area (Å²) in [4.78, 5) is 20.1. The SMILES string of the molecule is O=c1c(N2CCCNCC2)nc2ccccc2n1-c1ccccc1Cl. The zero-order valence-electron chi connectivity index (χ0n) is 13.8. The Morgan fingerprint density at radius 2 is 1.80 bits per heavy atom. The third-order valence-electron chi connectivity index (χ3n) is 4.48. The summed E-state index contributed by atoms with van der Waals surface area (Å²) in [7, 11) is 0. The van der Waals surface area contributed by atoms with Crippen LogP contribution in [0.3, 0.4) is 0 Å². The maximum Gasteiger partial charge on any atom is 0.298 e. The van der Waals surface area contributed by atoms with Crippen LogP contribution in [0, 0.1) is 0 Å². The monoisotopic (exact) mass is 354 g/mol. The average Bonchev–Trinajstić information content (AvgIpc) is 2.91. The number of rotatable bonds is 2. The van der Waals surface area contributed by atoms with Gasteiger partial charge in [-0.05, 0) is 37.2 Å². The van der Waals surface area contributed by atoms with Gasteiger partial charge in [-0.15, -0.1) is 0 Å². The van der Waals surface area contributed by atoms with Crippen LogP contribution in [0.5, 0.6) is 0 Å². The Balaban J connectivity index is 1.99. The number of anilines is 1. The predicted molar refractivity (Wildman–Crippen MR) is 102 cm³/mol. The average molecular weight is 355 g/mol. The number of nitrogens with zero attached hydrogens (tertiary/aromatic N) is 3. The van der Waals surface area contributed by atoms with Crippen LogP contribution in [-0.4, -0.2) is 35.7 Å². The fourth-order valence-electron chi connectivity index (χ4n) is 3.25. The van der Waals surface area contributed by atoms with E-state index >= 15 is 0 Å². The van der Waals surface area contributed by atoms with Gasteiger partial charge >= 0.3 is 0 Å². The lowest BCUT2D eigenvalue weighted by atomic mass is 10.2. The quantitative estimate of drug-likeness (QED) is 0.769. The molecule has 3 aromatic rings. The lowest BCUT2D eigenvalue weighted by Crippen LogP contribution is -2.35. The molecule has 1 saturated heterocycles. The van der Waals surface area contributed by atoms with E-state index in [-0.39, 0.29) is 5.56 Å². The van der Waals surface area contributed by atoms with Gasteiger partial charge in [0.05, 0.1) is 21.7 Å². The van der Waals surface area contributed by atoms with E-state index < -0.39 is 0 Å². The third kappa shape index (κ3) is 3.01. The summed E-state index contributed by atoms with van der Waals surface area (Å²) < 4.78 is 1.68. The minimum atomic E-state index is -0.131. The second-order valence-corrected chi connectivity index (χ2v) is 6.51. The van der Waals surface area contributed by atoms with E-state index in [1.807, 2.05) is 42.5 Å². The van der Waals surface area contributed by atoms with E-state index in [0.29, 0.717) is 16.5 Å². The summed E-state index contributed by atoms with van der Waals surface area (Å²) in [6.07, 6.45) is 0.986. The van der Waals surface area contributed by atoms with Crippen LogP contribution in [-0.2, 0) is 0 Å². The Kier molecular flexibility index (Phi) is 4.42. The van der Waals surface area contributed by atoms with Crippen LogP contribution >= 0.6 is 11.6 Å². The number of halogens is 1. The molecule has 0 spiro atoms. The molecule has 0 amide bonds. The molecule has 0 bridgehead atoms. The Labute approximate surface area is 150 Å². The Hall–Kier alpha value is -2.37. The van der Waals surface area contributed by atoms with Crippen molar-refractivity contribution < 1.29 is 0 Å². The first kappa shape index (κ1) is 16.1. The van der Waals surface area contributed by atoms with Gasteiger partial charge in [-0.3, -0.25) is 9.36 Å². The van der Waals surface area contributed by atoms with Crippen molar-refractivity contribution in [2.24, 2.45) is 0 Å². The summed E-state index contributed by atoms with van der Waals surface area (Å²) >= 11 is 6.39. The standard InChI is InChI=1S/C19H19ClN4O/c20-14-6-1-3-8-16(14)24-17-9-4-2-7-15(17)22-18(19(24)25)23-12-5-10-21-11-13-23/h1-4,6-9,21H,5,10-13H2. The number of benzene rings is 2. The van der Waals surface area contributed by atoms with Crippen LogP contribution in [0.1, 0.15) is 6.42 Å². The van der Waals surface area contributed by atoms with Crippen molar-refractivity contribution in [2.75, 3.05) is 31.1 Å². The summed E-state index contributed by atoms with van der Waals surface area (Å²) in [6.45, 7) is 3.39. The second-order valence-electron chi connectivity index (χ2n) is 6.11. The highest BCUT2D eigenvalue weighted by molar-refractivity contribution is 6.32. The first-order valence-corrected chi connectivity index (χ1v) is 8.86. The van der Waals surface area contributed by atoms with Crippen LogP contribution in [0.25, 0.3) is 16.7 Å². The lowest BCUT2D eigenvalue weighted by Gasteiger charge is -2.22. The fraction of sp³-hybridized carbons (Fsp3) is 0.263. The van der Waals surface area contributed by atoms with E-state index in [0.717, 1.165) is 43.6 Å². The Morgan fingerprint density at radius 1 is 1.00 bits per heavy atom. The molecule has 2 aromatic carbocycles. The third-order valence-corrected chi connectivity index (χ3v) is 4.80. The number of aromatic nitrogens is 2. The molecule has 0 unspecified atom stereocenters. The van der Waals surface area contributed by atoms with E-state index in [2.05, 4.69) is 15.2 Å². The minimum absolute atomic E-state index is 0.131. The molecule has 0 saturated carbocycles. The first-order valence-electron chi connectivity index (χ1n) is 8.48. The highest BCUT2D eigenvalue weighted by atomic mass is 35.5. The molecular weight excluding hydrogens is 336 g/mol. The van der Waals surface area contributed by atoms with Crippen LogP contribution < -0.4 is 15.8 Å². The number of nitrogens with one attached hydrogen (secondary N) is 1. The molecule has 0 aliphatic carbocycles. The highest BCUT2D eigenvalue weighted by Gasteiger charge is 2.19. The zero-order valence-corrected chi connectivity index (χ0v) is 14.5. The van der Waals surface area contributed by atoms with Gasteiger partial charge in [0.25, 0.3) is 5.56 Å². The molecule has 2 heterocycles. The van der Waals surface area contributed by atoms with Crippen molar-refractivity contribution in [3.05, 3.63) is 63.9 Å². The molecule has 1 fully saturated rings. The maximum absolute atomic E-state index is 13.3. The van der Waals surface area contributed by atoms with Crippen molar-refractivity contribution in [3.63, 3.8) is 0 Å². The lowest BCUT2D eigenvalue weighted by molar-refractivity contribution is 0.724. The van der Waals surface area contributed by atoms with Gasteiger partial charge in [0.15, 0.2) is 5.82 Å². The van der Waals surface area contributed by atoms with Gasteiger partial charge in [-0.25, -0.2) is 4.98 Å². The first-order chi connectivity index (χ1) is 12.3. The largest absolute Gasteiger partial charge is 0.351 e. The molecule has 4 rings (SSSR count). The molecule has 1 aromatic heterocycles. The number of fused-ring (bicyclic) bond motifs is 1. The van der Waals surface area contributed by atoms with Crippen LogP contribution in [0.15, 0.2) is 53.3 Å². The van der Waals surface area contributed by atoms with Crippen molar-refractivity contribution in [2.45, 2.75) is 6.42 Å². The normalized spacial score (nSPS) is 15.3. The van der Waals surface area contributed by atoms with E-state index in [1.54, 1.807) is 10.6 Å². The predicted octanol–water partition coefficient (Wildman–Crippen LogP) is 2.84. The van der Waals surface area contributed by atoms with Crippen LogP contribution in [0.2, 0.25) is 5.02 Å². The molecule has 1 N–H and O–H groups in total. The summed E-state index contributed by atoms with van der Waals surface area (Å²) in [6, 6.07) is 15.1. The maximum atomic E-state index is 13.3. The fourth-order valence-corrected chi connectivity index (χ4v) is 3.48. The minimum Gasteiger partial charge on any atom is -0.351 e. The Bertz CT molecular complexity index is 961. The molecule has 6 heteroatoms. The molecule has 1 aliphatic heterocycles. The second kappa shape index (κ2) is 6.86. The van der Waals surface area contributed by atoms with Gasteiger partial charge in [0.1, 0.15) is 0 Å². The van der Waals surface area contributed by atoms with Crippen molar-refractivity contribution in [1.29, 1.82) is 0 Å². The van der Waals surface area contributed by atoms with Gasteiger partial charge in [0, 0.05) is 19.6 Å². The number of hydrogen-bond acceptors (Lipinski definition) is 4. The summed E-state index contributed by atoms with van der Waals surface area (Å²) in [5, 5.41) is 3.91. The molecule has 0 atom stereocenters. The van der Waals surface area contributed by atoms with E-state index in [4.69, 9.17) is 11.6 Å². The van der Waals surface area contributed by atoms with Crippen molar-refractivity contribution in [3.8, 4) is 5.69 Å². The van der Waals surface area contributed by atoms with Crippen molar-refractivity contribution >= 4 is 28.5 Å². The van der Waals surface area contributed by atoms with Crippen molar-refractivity contribution in [1.82, 2.24) is 14.9 Å². The van der Waals surface area contributed by atoms with E-state index in [9.17, 15) is 4.79 Å². The number of para-hydroxylation sites is 3. The topological polar surface area (TPSA) is 50.2 Å². The molecule has 25 heavy (non-hydrogen) atoms. The van der Waals surface area contributed by atoms with Gasteiger partial charge < -0.3 is 10.2 Å². The number of hydrogen-bond donors (Lipinski definition) is 1. The molecule has 5 nitrogen and oxygen atoms in total. The molecule has 1 aliphatic rings. The zero-order chi connectivity index (χ0) is 17.2. The van der Waals surface area contributed by atoms with Gasteiger partial charge in [-0.2, -0.15) is 0 Å². The smallest absolute Gasteiger partial charge is 0.298 e.